The fourth-order valence-corrected chi connectivity index (χ4v) is 1.83. The molecule has 0 saturated carbocycles. The molecule has 92 valence electrons. The largest absolute Gasteiger partial charge is 0.375 e. The maximum Gasteiger partial charge on any atom is 0.274 e. The van der Waals surface area contributed by atoms with Gasteiger partial charge in [0, 0.05) is 12.6 Å². The number of morpholine rings is 1. The average molecular weight is 237 g/mol. The van der Waals surface area contributed by atoms with Crippen molar-refractivity contribution >= 4 is 5.91 Å². The van der Waals surface area contributed by atoms with Crippen molar-refractivity contribution in [2.75, 3.05) is 13.2 Å². The van der Waals surface area contributed by atoms with Crippen LogP contribution in [0.15, 0.2) is 16.9 Å². The molecule has 17 heavy (non-hydrogen) atoms. The molecular formula is C11H15N3O3. The summed E-state index contributed by atoms with van der Waals surface area (Å²) in [4.78, 5) is 24.7. The van der Waals surface area contributed by atoms with Crippen LogP contribution in [0, 0.1) is 0 Å². The summed E-state index contributed by atoms with van der Waals surface area (Å²) in [7, 11) is 0. The molecule has 0 aliphatic carbocycles. The number of nitrogens with one attached hydrogen (secondary N) is 1. The number of nitrogens with zero attached hydrogens (tertiary/aromatic N) is 2. The number of amides is 1. The number of carbonyl (C=O) groups excluding carboxylic acids is 1. The second kappa shape index (κ2) is 4.67. The van der Waals surface area contributed by atoms with Crippen LogP contribution in [-0.2, 0) is 4.74 Å². The molecule has 1 fully saturated rings. The molecule has 0 radical (unpaired) electrons. The molecule has 1 aliphatic heterocycles. The molecule has 1 aromatic heterocycles. The van der Waals surface area contributed by atoms with Gasteiger partial charge in [0.1, 0.15) is 5.69 Å². The second-order valence-corrected chi connectivity index (χ2v) is 4.12. The number of aromatic amines is 1. The summed E-state index contributed by atoms with van der Waals surface area (Å²) < 4.78 is 5.45. The minimum atomic E-state index is -0.315. The van der Waals surface area contributed by atoms with Crippen molar-refractivity contribution in [3.8, 4) is 0 Å². The second-order valence-electron chi connectivity index (χ2n) is 4.12. The average Bonchev–Trinajstić information content (AvgIpc) is 2.33. The molecule has 1 saturated heterocycles. The van der Waals surface area contributed by atoms with Crippen molar-refractivity contribution < 1.29 is 9.53 Å². The van der Waals surface area contributed by atoms with Crippen LogP contribution in [0.5, 0.6) is 0 Å². The van der Waals surface area contributed by atoms with Crippen LogP contribution in [0.2, 0.25) is 0 Å². The van der Waals surface area contributed by atoms with Gasteiger partial charge >= 0.3 is 0 Å². The zero-order valence-electron chi connectivity index (χ0n) is 9.84. The highest BCUT2D eigenvalue weighted by atomic mass is 16.5. The lowest BCUT2D eigenvalue weighted by Crippen LogP contribution is -2.51. The highest BCUT2D eigenvalue weighted by Crippen LogP contribution is 2.15. The number of H-pyrrole nitrogens is 1. The first-order valence-electron chi connectivity index (χ1n) is 5.58. The Morgan fingerprint density at radius 2 is 2.29 bits per heavy atom. The van der Waals surface area contributed by atoms with Gasteiger partial charge in [0.05, 0.1) is 18.8 Å². The van der Waals surface area contributed by atoms with Gasteiger partial charge in [-0.25, -0.2) is 5.10 Å². The van der Waals surface area contributed by atoms with Crippen molar-refractivity contribution in [1.29, 1.82) is 0 Å². The smallest absolute Gasteiger partial charge is 0.274 e. The zero-order valence-corrected chi connectivity index (χ0v) is 9.84. The first kappa shape index (κ1) is 11.8. The van der Waals surface area contributed by atoms with Crippen LogP contribution in [0.1, 0.15) is 24.3 Å². The molecule has 6 heteroatoms. The van der Waals surface area contributed by atoms with Gasteiger partial charge in [0.15, 0.2) is 0 Å². The first-order valence-corrected chi connectivity index (χ1v) is 5.58. The van der Waals surface area contributed by atoms with Gasteiger partial charge in [-0.1, -0.05) is 0 Å². The summed E-state index contributed by atoms with van der Waals surface area (Å²) >= 11 is 0. The molecule has 1 amide bonds. The molecule has 0 bridgehead atoms. The Kier molecular flexibility index (Phi) is 3.23. The minimum absolute atomic E-state index is 0.00461. The molecule has 1 aliphatic rings. The number of carbonyl (C=O) groups is 1. The lowest BCUT2D eigenvalue weighted by Gasteiger charge is -2.37. The van der Waals surface area contributed by atoms with E-state index in [0.717, 1.165) is 0 Å². The van der Waals surface area contributed by atoms with Gasteiger partial charge in [0.25, 0.3) is 11.5 Å². The van der Waals surface area contributed by atoms with Crippen LogP contribution in [0.4, 0.5) is 0 Å². The standard InChI is InChI=1S/C11H15N3O3/c1-7-8(2)17-6-5-14(7)11(16)9-3-4-10(15)13-12-9/h3-4,7-8H,5-6H2,1-2H3,(H,13,15). The van der Waals surface area contributed by atoms with E-state index in [1.165, 1.54) is 12.1 Å². The van der Waals surface area contributed by atoms with Crippen molar-refractivity contribution in [2.45, 2.75) is 26.0 Å². The molecule has 6 nitrogen and oxygen atoms in total. The lowest BCUT2D eigenvalue weighted by atomic mass is 10.1. The van der Waals surface area contributed by atoms with Gasteiger partial charge < -0.3 is 9.64 Å². The Hall–Kier alpha value is -1.69. The molecule has 1 aromatic rings. The summed E-state index contributed by atoms with van der Waals surface area (Å²) in [5.74, 6) is -0.177. The normalized spacial score (nSPS) is 24.7. The number of aromatic nitrogens is 2. The van der Waals surface area contributed by atoms with Crippen molar-refractivity contribution in [2.24, 2.45) is 0 Å². The Bertz CT molecular complexity index is 451. The van der Waals surface area contributed by atoms with Crippen molar-refractivity contribution in [1.82, 2.24) is 15.1 Å². The monoisotopic (exact) mass is 237 g/mol. The zero-order chi connectivity index (χ0) is 12.4. The topological polar surface area (TPSA) is 75.3 Å². The van der Waals surface area contributed by atoms with E-state index in [4.69, 9.17) is 4.74 Å². The first-order chi connectivity index (χ1) is 8.09. The molecule has 2 unspecified atom stereocenters. The lowest BCUT2D eigenvalue weighted by molar-refractivity contribution is -0.0442. The van der Waals surface area contributed by atoms with Crippen LogP contribution >= 0.6 is 0 Å². The van der Waals surface area contributed by atoms with Crippen molar-refractivity contribution in [3.63, 3.8) is 0 Å². The van der Waals surface area contributed by atoms with E-state index in [0.29, 0.717) is 13.2 Å². The summed E-state index contributed by atoms with van der Waals surface area (Å²) in [5.41, 5.74) is -0.0597. The highest BCUT2D eigenvalue weighted by Gasteiger charge is 2.30. The number of hydrogen-bond acceptors (Lipinski definition) is 4. The van der Waals surface area contributed by atoms with Crippen LogP contribution in [-0.4, -0.2) is 46.3 Å². The van der Waals surface area contributed by atoms with Gasteiger partial charge in [-0.2, -0.15) is 5.10 Å². The van der Waals surface area contributed by atoms with E-state index in [2.05, 4.69) is 10.2 Å². The van der Waals surface area contributed by atoms with E-state index >= 15 is 0 Å². The third-order valence-electron chi connectivity index (χ3n) is 3.04. The third kappa shape index (κ3) is 2.36. The fourth-order valence-electron chi connectivity index (χ4n) is 1.83. The predicted molar refractivity (Wildman–Crippen MR) is 60.8 cm³/mol. The Labute approximate surface area is 98.6 Å². The van der Waals surface area contributed by atoms with E-state index in [1.54, 1.807) is 4.90 Å². The summed E-state index contributed by atoms with van der Waals surface area (Å²) in [5, 5.41) is 6.00. The van der Waals surface area contributed by atoms with Crippen molar-refractivity contribution in [3.05, 3.63) is 28.2 Å². The van der Waals surface area contributed by atoms with Gasteiger partial charge in [0.2, 0.25) is 0 Å². The van der Waals surface area contributed by atoms with Gasteiger partial charge in [-0.3, -0.25) is 9.59 Å². The molecular weight excluding hydrogens is 222 g/mol. The molecule has 2 rings (SSSR count). The van der Waals surface area contributed by atoms with Gasteiger partial charge in [-0.15, -0.1) is 0 Å². The maximum atomic E-state index is 12.2. The molecule has 2 atom stereocenters. The Balaban J connectivity index is 2.19. The SMILES string of the molecule is CC1OCCN(C(=O)c2ccc(=O)[nH]n2)C1C. The van der Waals surface area contributed by atoms with E-state index in [1.807, 2.05) is 13.8 Å². The van der Waals surface area contributed by atoms with Gasteiger partial charge in [-0.05, 0) is 19.9 Å². The van der Waals surface area contributed by atoms with E-state index in [-0.39, 0.29) is 29.3 Å². The fraction of sp³-hybridized carbons (Fsp3) is 0.545. The van der Waals surface area contributed by atoms with Crippen LogP contribution < -0.4 is 5.56 Å². The molecule has 2 heterocycles. The minimum Gasteiger partial charge on any atom is -0.375 e. The van der Waals surface area contributed by atoms with Crippen LogP contribution in [0.3, 0.4) is 0 Å². The Morgan fingerprint density at radius 1 is 1.53 bits per heavy atom. The molecule has 0 aromatic carbocycles. The third-order valence-corrected chi connectivity index (χ3v) is 3.04. The quantitative estimate of drug-likeness (QED) is 0.747. The summed E-state index contributed by atoms with van der Waals surface area (Å²) in [6, 6.07) is 2.74. The molecule has 0 spiro atoms. The number of ether oxygens (including phenoxy) is 1. The Morgan fingerprint density at radius 3 is 2.94 bits per heavy atom. The van der Waals surface area contributed by atoms with E-state index < -0.39 is 0 Å². The number of rotatable bonds is 1. The summed E-state index contributed by atoms with van der Waals surface area (Å²) in [6.45, 7) is 4.95. The van der Waals surface area contributed by atoms with Crippen LogP contribution in [0.25, 0.3) is 0 Å². The molecule has 1 N–H and O–H groups in total. The van der Waals surface area contributed by atoms with E-state index in [9.17, 15) is 9.59 Å². The predicted octanol–water partition coefficient (Wildman–Crippen LogP) is 0.0193. The number of hydrogen-bond donors (Lipinski definition) is 1. The summed E-state index contributed by atoms with van der Waals surface area (Å²) in [6.07, 6.45) is 0.00969. The highest BCUT2D eigenvalue weighted by molar-refractivity contribution is 5.92. The maximum absolute atomic E-state index is 12.2.